The zero-order valence-corrected chi connectivity index (χ0v) is 19.1. The number of hydrogen-bond acceptors (Lipinski definition) is 1. The Balaban J connectivity index is 1.72. The summed E-state index contributed by atoms with van der Waals surface area (Å²) in [5, 5.41) is -1.38. The lowest BCUT2D eigenvalue weighted by molar-refractivity contribution is -0.186. The first-order chi connectivity index (χ1) is 17.8. The van der Waals surface area contributed by atoms with Crippen LogP contribution in [0.25, 0.3) is 21.5 Å². The van der Waals surface area contributed by atoms with Crippen molar-refractivity contribution in [3.63, 3.8) is 0 Å². The van der Waals surface area contributed by atoms with Crippen molar-refractivity contribution in [2.24, 2.45) is 0 Å². The Morgan fingerprint density at radius 2 is 1.55 bits per heavy atom. The minimum atomic E-state index is -5.08. The molecule has 0 saturated carbocycles. The normalized spacial score (nSPS) is 11.9. The third-order valence-corrected chi connectivity index (χ3v) is 5.60. The fourth-order valence-electron chi connectivity index (χ4n) is 3.85. The van der Waals surface area contributed by atoms with Gasteiger partial charge >= 0.3 is 12.3 Å². The number of benzene rings is 4. The van der Waals surface area contributed by atoms with Crippen molar-refractivity contribution in [2.45, 2.75) is 25.1 Å². The first kappa shape index (κ1) is 26.9. The largest absolute Gasteiger partial charge is 0.458 e. The highest BCUT2D eigenvalue weighted by Crippen LogP contribution is 2.38. The van der Waals surface area contributed by atoms with Gasteiger partial charge in [-0.1, -0.05) is 36.3 Å². The summed E-state index contributed by atoms with van der Waals surface area (Å²) in [6, 6.07) is 8.02. The fourth-order valence-corrected chi connectivity index (χ4v) is 3.85. The third-order valence-electron chi connectivity index (χ3n) is 5.60. The lowest BCUT2D eigenvalue weighted by atomic mass is 10.0. The Morgan fingerprint density at radius 3 is 2.24 bits per heavy atom. The predicted molar refractivity (Wildman–Crippen MR) is 124 cm³/mol. The summed E-state index contributed by atoms with van der Waals surface area (Å²) in [7, 11) is 0. The molecule has 4 rings (SSSR count). The summed E-state index contributed by atoms with van der Waals surface area (Å²) in [4.78, 5) is 0. The van der Waals surface area contributed by atoms with E-state index >= 15 is 0 Å². The Labute approximate surface area is 210 Å². The van der Waals surface area contributed by atoms with Gasteiger partial charge in [0.25, 0.3) is 0 Å². The highest BCUT2D eigenvalue weighted by atomic mass is 19.4. The second-order valence-corrected chi connectivity index (χ2v) is 8.23. The van der Waals surface area contributed by atoms with E-state index < -0.39 is 63.2 Å². The number of hydrogen-bond donors (Lipinski definition) is 0. The SMILES string of the molecule is C=CCCc1ccc2c(F)c(OC(F)(F)c3cc(F)c4c(F)c(C#CC(F)(F)F)c(F)cc4c3)ccc2c1. The van der Waals surface area contributed by atoms with Gasteiger partial charge in [-0.2, -0.15) is 22.0 Å². The zero-order chi connectivity index (χ0) is 27.8. The predicted octanol–water partition coefficient (Wildman–Crippen LogP) is 8.71. The highest BCUT2D eigenvalue weighted by molar-refractivity contribution is 5.87. The van der Waals surface area contributed by atoms with Crippen LogP contribution in [-0.4, -0.2) is 6.18 Å². The quantitative estimate of drug-likeness (QED) is 0.136. The van der Waals surface area contributed by atoms with Gasteiger partial charge in [0, 0.05) is 11.3 Å². The molecule has 0 N–H and O–H groups in total. The molecule has 0 spiro atoms. The maximum atomic E-state index is 15.0. The molecule has 196 valence electrons. The Morgan fingerprint density at radius 1 is 0.816 bits per heavy atom. The lowest BCUT2D eigenvalue weighted by Gasteiger charge is -2.20. The lowest BCUT2D eigenvalue weighted by Crippen LogP contribution is -2.23. The van der Waals surface area contributed by atoms with Gasteiger partial charge < -0.3 is 4.74 Å². The monoisotopic (exact) mass is 538 g/mol. The standard InChI is InChI=1S/C28H15F9O/c1-2-3-4-15-5-7-19-16(11-15)6-8-23(25(19)31)38-28(36,37)18-12-17-13-21(29)20(9-10-27(33,34)35)26(32)24(17)22(30)14-18/h2,5-8,11-14H,1,3-4H2. The van der Waals surface area contributed by atoms with Crippen LogP contribution in [-0.2, 0) is 12.5 Å². The average molecular weight is 538 g/mol. The van der Waals surface area contributed by atoms with E-state index in [1.807, 2.05) is 0 Å². The Hall–Kier alpha value is -4.13. The zero-order valence-electron chi connectivity index (χ0n) is 19.1. The maximum absolute atomic E-state index is 15.0. The number of rotatable bonds is 6. The van der Waals surface area contributed by atoms with E-state index in [-0.39, 0.29) is 11.5 Å². The second-order valence-electron chi connectivity index (χ2n) is 8.23. The van der Waals surface area contributed by atoms with E-state index in [1.54, 1.807) is 18.2 Å². The van der Waals surface area contributed by atoms with Crippen molar-refractivity contribution in [1.29, 1.82) is 0 Å². The van der Waals surface area contributed by atoms with E-state index in [2.05, 4.69) is 11.3 Å². The van der Waals surface area contributed by atoms with Crippen LogP contribution in [0.5, 0.6) is 5.75 Å². The third kappa shape index (κ3) is 5.42. The molecular weight excluding hydrogens is 523 g/mol. The van der Waals surface area contributed by atoms with E-state index in [0.717, 1.165) is 11.6 Å². The fraction of sp³-hybridized carbons (Fsp3) is 0.143. The van der Waals surface area contributed by atoms with Gasteiger partial charge in [0.2, 0.25) is 0 Å². The molecule has 0 saturated heterocycles. The summed E-state index contributed by atoms with van der Waals surface area (Å²) in [5.74, 6) is -5.12. The van der Waals surface area contributed by atoms with Crippen LogP contribution in [0.1, 0.15) is 23.1 Å². The van der Waals surface area contributed by atoms with Gasteiger partial charge in [-0.25, -0.2) is 17.6 Å². The van der Waals surface area contributed by atoms with Crippen molar-refractivity contribution >= 4 is 21.5 Å². The number of alkyl halides is 5. The Bertz CT molecular complexity index is 1630. The van der Waals surface area contributed by atoms with Crippen LogP contribution in [0.3, 0.4) is 0 Å². The van der Waals surface area contributed by atoms with Crippen molar-refractivity contribution in [3.8, 4) is 17.6 Å². The number of allylic oxidation sites excluding steroid dienone is 1. The maximum Gasteiger partial charge on any atom is 0.458 e. The van der Waals surface area contributed by atoms with Gasteiger partial charge in [0.1, 0.15) is 11.6 Å². The highest BCUT2D eigenvalue weighted by Gasteiger charge is 2.37. The molecule has 0 bridgehead atoms. The van der Waals surface area contributed by atoms with Gasteiger partial charge in [-0.15, -0.1) is 6.58 Å². The molecule has 0 amide bonds. The number of fused-ring (bicyclic) bond motifs is 2. The summed E-state index contributed by atoms with van der Waals surface area (Å²) in [6.45, 7) is 3.62. The summed E-state index contributed by atoms with van der Waals surface area (Å²) >= 11 is 0. The van der Waals surface area contributed by atoms with Crippen molar-refractivity contribution < 1.29 is 44.3 Å². The number of aryl methyl sites for hydroxylation is 1. The van der Waals surface area contributed by atoms with Crippen LogP contribution in [0.4, 0.5) is 39.5 Å². The van der Waals surface area contributed by atoms with Gasteiger partial charge in [-0.05, 0) is 53.4 Å². The van der Waals surface area contributed by atoms with E-state index in [9.17, 15) is 39.5 Å². The van der Waals surface area contributed by atoms with Gasteiger partial charge in [0.15, 0.2) is 17.4 Å². The molecule has 10 heteroatoms. The molecule has 38 heavy (non-hydrogen) atoms. The minimum Gasteiger partial charge on any atom is -0.426 e. The minimum absolute atomic E-state index is 0.0121. The van der Waals surface area contributed by atoms with Gasteiger partial charge in [-0.3, -0.25) is 0 Å². The Kier molecular flexibility index (Phi) is 7.06. The molecule has 0 atom stereocenters. The molecule has 0 fully saturated rings. The van der Waals surface area contributed by atoms with Crippen molar-refractivity contribution in [3.05, 3.63) is 101 Å². The number of halogens is 9. The molecule has 0 aliphatic carbocycles. The van der Waals surface area contributed by atoms with E-state index in [1.165, 1.54) is 18.1 Å². The van der Waals surface area contributed by atoms with Crippen LogP contribution >= 0.6 is 0 Å². The van der Waals surface area contributed by atoms with E-state index in [4.69, 9.17) is 0 Å². The topological polar surface area (TPSA) is 9.23 Å². The smallest absolute Gasteiger partial charge is 0.426 e. The molecule has 0 aliphatic rings. The second kappa shape index (κ2) is 9.97. The molecule has 4 aromatic rings. The molecule has 1 nitrogen and oxygen atoms in total. The first-order valence-corrected chi connectivity index (χ1v) is 10.9. The van der Waals surface area contributed by atoms with Gasteiger partial charge in [0.05, 0.1) is 16.5 Å². The molecule has 0 heterocycles. The summed E-state index contributed by atoms with van der Waals surface area (Å²) in [6.07, 6.45) is -6.41. The molecule has 0 unspecified atom stereocenters. The summed E-state index contributed by atoms with van der Waals surface area (Å²) in [5.41, 5.74) is -1.72. The van der Waals surface area contributed by atoms with Crippen LogP contribution in [0.2, 0.25) is 0 Å². The molecular formula is C28H15F9O. The molecule has 0 aromatic heterocycles. The molecule has 4 aromatic carbocycles. The van der Waals surface area contributed by atoms with Crippen molar-refractivity contribution in [1.82, 2.24) is 0 Å². The van der Waals surface area contributed by atoms with Crippen LogP contribution in [0, 0.1) is 35.1 Å². The average Bonchev–Trinajstić information content (AvgIpc) is 2.83. The first-order valence-electron chi connectivity index (χ1n) is 10.9. The van der Waals surface area contributed by atoms with Crippen LogP contribution < -0.4 is 4.74 Å². The van der Waals surface area contributed by atoms with E-state index in [0.29, 0.717) is 36.3 Å². The summed E-state index contributed by atoms with van der Waals surface area (Å²) < 4.78 is 130. The van der Waals surface area contributed by atoms with Crippen molar-refractivity contribution in [2.75, 3.05) is 0 Å². The molecule has 0 radical (unpaired) electrons. The molecule has 0 aliphatic heterocycles. The van der Waals surface area contributed by atoms with Crippen LogP contribution in [0.15, 0.2) is 61.2 Å². The number of ether oxygens (including phenoxy) is 1.